The lowest BCUT2D eigenvalue weighted by atomic mass is 9.92. The molecule has 0 aliphatic carbocycles. The van der Waals surface area contributed by atoms with E-state index in [1.807, 2.05) is 44.2 Å². The molecule has 0 aromatic heterocycles. The van der Waals surface area contributed by atoms with E-state index in [1.165, 1.54) is 0 Å². The highest BCUT2D eigenvalue weighted by atomic mass is 16.8. The Morgan fingerprint density at radius 1 is 1.12 bits per heavy atom. The van der Waals surface area contributed by atoms with Crippen LogP contribution in [0.5, 0.6) is 5.75 Å². The summed E-state index contributed by atoms with van der Waals surface area (Å²) in [7, 11) is 1.66. The topological polar surface area (TPSA) is 46.2 Å². The van der Waals surface area contributed by atoms with E-state index in [4.69, 9.17) is 23.7 Å². The summed E-state index contributed by atoms with van der Waals surface area (Å²) >= 11 is 0. The normalized spacial score (nSPS) is 32.8. The molecule has 2 heterocycles. The van der Waals surface area contributed by atoms with Gasteiger partial charge in [-0.15, -0.1) is 6.58 Å². The summed E-state index contributed by atoms with van der Waals surface area (Å²) in [6.07, 6.45) is 2.93. The summed E-state index contributed by atoms with van der Waals surface area (Å²) in [5.41, 5.74) is 1.08. The first-order valence-corrected chi connectivity index (χ1v) is 9.34. The number of methoxy groups -OCH3 is 1. The largest absolute Gasteiger partial charge is 0.497 e. The lowest BCUT2D eigenvalue weighted by Gasteiger charge is -2.42. The average Bonchev–Trinajstić information content (AvgIpc) is 2.96. The van der Waals surface area contributed by atoms with E-state index in [2.05, 4.69) is 13.5 Å². The first-order valence-electron chi connectivity index (χ1n) is 9.34. The van der Waals surface area contributed by atoms with Crippen molar-refractivity contribution in [2.24, 2.45) is 0 Å². The first kappa shape index (κ1) is 19.4. The van der Waals surface area contributed by atoms with E-state index in [0.29, 0.717) is 6.61 Å². The highest BCUT2D eigenvalue weighted by Gasteiger charge is 2.54. The molecule has 5 nitrogen and oxygen atoms in total. The Morgan fingerprint density at radius 3 is 2.42 bits per heavy atom. The Bertz CT molecular complexity index is 597. The van der Waals surface area contributed by atoms with Gasteiger partial charge in [-0.25, -0.2) is 0 Å². The molecule has 0 amide bonds. The second-order valence-electron chi connectivity index (χ2n) is 7.33. The highest BCUT2D eigenvalue weighted by molar-refractivity contribution is 5.26. The number of fused-ring (bicyclic) bond motifs is 1. The molecule has 1 aromatic rings. The Morgan fingerprint density at radius 2 is 1.81 bits per heavy atom. The third-order valence-electron chi connectivity index (χ3n) is 4.97. The van der Waals surface area contributed by atoms with Crippen LogP contribution in [0.3, 0.4) is 0 Å². The van der Waals surface area contributed by atoms with Crippen molar-refractivity contribution in [1.29, 1.82) is 0 Å². The predicted molar refractivity (Wildman–Crippen MR) is 99.2 cm³/mol. The number of hydrogen-bond donors (Lipinski definition) is 0. The minimum atomic E-state index is -0.628. The van der Waals surface area contributed by atoms with Crippen molar-refractivity contribution in [1.82, 2.24) is 0 Å². The molecule has 3 rings (SSSR count). The lowest BCUT2D eigenvalue weighted by Crippen LogP contribution is -2.56. The van der Waals surface area contributed by atoms with E-state index < -0.39 is 5.79 Å². The van der Waals surface area contributed by atoms with Crippen LogP contribution in [0.1, 0.15) is 39.2 Å². The number of rotatable bonds is 7. The molecule has 26 heavy (non-hydrogen) atoms. The summed E-state index contributed by atoms with van der Waals surface area (Å²) < 4.78 is 30.1. The van der Waals surface area contributed by atoms with Crippen LogP contribution >= 0.6 is 0 Å². The molecule has 0 spiro atoms. The van der Waals surface area contributed by atoms with Crippen LogP contribution in [0.4, 0.5) is 0 Å². The van der Waals surface area contributed by atoms with Crippen molar-refractivity contribution in [2.45, 2.75) is 76.5 Å². The zero-order chi connectivity index (χ0) is 18.7. The molecular weight excluding hydrogens is 332 g/mol. The molecule has 0 saturated carbocycles. The minimum Gasteiger partial charge on any atom is -0.497 e. The van der Waals surface area contributed by atoms with Gasteiger partial charge in [0.1, 0.15) is 24.1 Å². The molecule has 2 aliphatic heterocycles. The summed E-state index contributed by atoms with van der Waals surface area (Å²) in [6.45, 7) is 10.4. The summed E-state index contributed by atoms with van der Waals surface area (Å²) in [6, 6.07) is 7.89. The molecule has 2 saturated heterocycles. The van der Waals surface area contributed by atoms with Crippen molar-refractivity contribution < 1.29 is 23.7 Å². The number of ether oxygens (including phenoxy) is 5. The molecule has 144 valence electrons. The molecule has 5 atom stereocenters. The SMILES string of the molecule is C=CC[C@H]1O[C@H](CC)[C@@H]2OC(C)(C)O[C@@H]2[C@H]1OCc1ccc(OC)cc1. The van der Waals surface area contributed by atoms with Gasteiger partial charge in [0.2, 0.25) is 0 Å². The van der Waals surface area contributed by atoms with Gasteiger partial charge in [-0.05, 0) is 44.4 Å². The fourth-order valence-corrected chi connectivity index (χ4v) is 3.75. The standard InChI is InChI=1S/C21H30O5/c1-6-8-17-18(23-13-14-9-11-15(22-5)12-10-14)20-19(16(7-2)24-17)25-21(3,4)26-20/h6,9-12,16-20H,1,7-8,13H2,2-5H3/t16-,17-,18+,19+,20-/m1/s1. The molecule has 0 radical (unpaired) electrons. The average molecular weight is 362 g/mol. The maximum atomic E-state index is 6.30. The van der Waals surface area contributed by atoms with E-state index in [-0.39, 0.29) is 30.5 Å². The van der Waals surface area contributed by atoms with Gasteiger partial charge in [-0.3, -0.25) is 0 Å². The molecular formula is C21H30O5. The van der Waals surface area contributed by atoms with Crippen LogP contribution in [0.2, 0.25) is 0 Å². The van der Waals surface area contributed by atoms with Gasteiger partial charge in [0.15, 0.2) is 5.79 Å². The van der Waals surface area contributed by atoms with Crippen LogP contribution < -0.4 is 4.74 Å². The quantitative estimate of drug-likeness (QED) is 0.690. The molecule has 2 fully saturated rings. The van der Waals surface area contributed by atoms with Crippen LogP contribution in [-0.2, 0) is 25.6 Å². The van der Waals surface area contributed by atoms with Gasteiger partial charge >= 0.3 is 0 Å². The third-order valence-corrected chi connectivity index (χ3v) is 4.97. The molecule has 1 aromatic carbocycles. The smallest absolute Gasteiger partial charge is 0.164 e. The summed E-state index contributed by atoms with van der Waals surface area (Å²) in [5.74, 6) is 0.205. The predicted octanol–water partition coefficient (Wildman–Crippen LogP) is 3.85. The van der Waals surface area contributed by atoms with Gasteiger partial charge in [0, 0.05) is 0 Å². The Kier molecular flexibility index (Phi) is 6.03. The van der Waals surface area contributed by atoms with Gasteiger partial charge < -0.3 is 23.7 Å². The molecule has 0 N–H and O–H groups in total. The molecule has 2 aliphatic rings. The van der Waals surface area contributed by atoms with E-state index in [9.17, 15) is 0 Å². The fraction of sp³-hybridized carbons (Fsp3) is 0.619. The summed E-state index contributed by atoms with van der Waals surface area (Å²) in [4.78, 5) is 0. The second kappa shape index (κ2) is 8.09. The van der Waals surface area contributed by atoms with Crippen molar-refractivity contribution >= 4 is 0 Å². The second-order valence-corrected chi connectivity index (χ2v) is 7.33. The Hall–Kier alpha value is -1.40. The zero-order valence-electron chi connectivity index (χ0n) is 16.1. The van der Waals surface area contributed by atoms with Crippen LogP contribution in [0, 0.1) is 0 Å². The highest BCUT2D eigenvalue weighted by Crippen LogP contribution is 2.40. The van der Waals surface area contributed by atoms with E-state index in [0.717, 1.165) is 24.2 Å². The van der Waals surface area contributed by atoms with E-state index >= 15 is 0 Å². The van der Waals surface area contributed by atoms with Crippen molar-refractivity contribution in [3.63, 3.8) is 0 Å². The maximum absolute atomic E-state index is 6.30. The maximum Gasteiger partial charge on any atom is 0.164 e. The van der Waals surface area contributed by atoms with E-state index in [1.54, 1.807) is 7.11 Å². The van der Waals surface area contributed by atoms with Gasteiger partial charge in [-0.2, -0.15) is 0 Å². The van der Waals surface area contributed by atoms with Crippen molar-refractivity contribution in [3.8, 4) is 5.75 Å². The fourth-order valence-electron chi connectivity index (χ4n) is 3.75. The third kappa shape index (κ3) is 4.12. The monoisotopic (exact) mass is 362 g/mol. The zero-order valence-corrected chi connectivity index (χ0v) is 16.1. The van der Waals surface area contributed by atoms with Gasteiger partial charge in [0.25, 0.3) is 0 Å². The van der Waals surface area contributed by atoms with Gasteiger partial charge in [-0.1, -0.05) is 25.1 Å². The Labute approximate surface area is 156 Å². The Balaban J connectivity index is 1.75. The van der Waals surface area contributed by atoms with Crippen LogP contribution in [0.15, 0.2) is 36.9 Å². The minimum absolute atomic E-state index is 0.00700. The van der Waals surface area contributed by atoms with Gasteiger partial charge in [0.05, 0.1) is 25.9 Å². The molecule has 0 bridgehead atoms. The molecule has 5 heteroatoms. The van der Waals surface area contributed by atoms with Crippen molar-refractivity contribution in [2.75, 3.05) is 7.11 Å². The number of hydrogen-bond acceptors (Lipinski definition) is 5. The van der Waals surface area contributed by atoms with Crippen LogP contribution in [0.25, 0.3) is 0 Å². The first-order chi connectivity index (χ1) is 12.5. The van der Waals surface area contributed by atoms with Crippen molar-refractivity contribution in [3.05, 3.63) is 42.5 Å². The summed E-state index contributed by atoms with van der Waals surface area (Å²) in [5, 5.41) is 0. The van der Waals surface area contributed by atoms with Crippen LogP contribution in [-0.4, -0.2) is 43.4 Å². The lowest BCUT2D eigenvalue weighted by molar-refractivity contribution is -0.206. The number of benzene rings is 1. The molecule has 0 unspecified atom stereocenters.